The van der Waals surface area contributed by atoms with Crippen LogP contribution in [0.5, 0.6) is 0 Å². The maximum atomic E-state index is 10.6. The zero-order chi connectivity index (χ0) is 15.4. The summed E-state index contributed by atoms with van der Waals surface area (Å²) in [6, 6.07) is 0. The van der Waals surface area contributed by atoms with Crippen LogP contribution in [-0.4, -0.2) is 23.2 Å². The largest absolute Gasteiger partial charge is 0.235 e. The molecule has 106 valence electrons. The van der Waals surface area contributed by atoms with Crippen molar-refractivity contribution in [1.82, 2.24) is 0 Å². The molecule has 0 aliphatic heterocycles. The second-order valence-corrected chi connectivity index (χ2v) is 6.12. The van der Waals surface area contributed by atoms with Crippen LogP contribution < -0.4 is 0 Å². The Morgan fingerprint density at radius 2 is 1.65 bits per heavy atom. The smallest absolute Gasteiger partial charge is 0.211 e. The molecule has 0 aromatic carbocycles. The first-order chi connectivity index (χ1) is 9.18. The molecule has 0 N–H and O–H groups in total. The van der Waals surface area contributed by atoms with E-state index in [1.54, 1.807) is 12.2 Å². The topological polar surface area (TPSA) is 58.9 Å². The van der Waals surface area contributed by atoms with Crippen LogP contribution in [0.25, 0.3) is 0 Å². The summed E-state index contributed by atoms with van der Waals surface area (Å²) in [6.07, 6.45) is 12.9. The van der Waals surface area contributed by atoms with E-state index < -0.39 is 16.5 Å². The van der Waals surface area contributed by atoms with Gasteiger partial charge in [-0.3, -0.25) is 0 Å². The molecule has 0 fully saturated rings. The lowest BCUT2D eigenvalue weighted by molar-refractivity contribution is 0.314. The first kappa shape index (κ1) is 16.0. The maximum absolute atomic E-state index is 10.6. The van der Waals surface area contributed by atoms with Gasteiger partial charge in [-0.1, -0.05) is 37.3 Å². The molecular weight excluding hydrogens is 252 g/mol. The number of hydrogen-bond acceptors (Lipinski definition) is 4. The highest BCUT2D eigenvalue weighted by Crippen LogP contribution is 2.39. The lowest BCUT2D eigenvalue weighted by Gasteiger charge is -2.35. The van der Waals surface area contributed by atoms with Crippen molar-refractivity contribution in [2.45, 2.75) is 45.7 Å². The molecule has 0 bridgehead atoms. The molecule has 1 rings (SSSR count). The Kier molecular flexibility index (Phi) is 4.44. The third kappa shape index (κ3) is 3.11. The van der Waals surface area contributed by atoms with E-state index in [1.165, 1.54) is 0 Å². The Morgan fingerprint density at radius 1 is 1.05 bits per heavy atom. The number of allylic oxidation sites excluding steroid dienone is 2. The van der Waals surface area contributed by atoms with Crippen molar-refractivity contribution < 1.29 is 9.59 Å². The van der Waals surface area contributed by atoms with Crippen molar-refractivity contribution in [2.75, 3.05) is 0 Å². The molecule has 1 atom stereocenters. The van der Waals surface area contributed by atoms with Gasteiger partial charge in [0, 0.05) is 5.41 Å². The Balaban J connectivity index is 3.22. The molecule has 1 aliphatic carbocycles. The highest BCUT2D eigenvalue weighted by Gasteiger charge is 2.38. The monoisotopic (exact) mass is 272 g/mol. The van der Waals surface area contributed by atoms with Crippen LogP contribution in [0.4, 0.5) is 0 Å². The molecule has 0 heterocycles. The zero-order valence-corrected chi connectivity index (χ0v) is 12.6. The van der Waals surface area contributed by atoms with Gasteiger partial charge >= 0.3 is 0 Å². The second kappa shape index (κ2) is 5.54. The quantitative estimate of drug-likeness (QED) is 0.582. The summed E-state index contributed by atoms with van der Waals surface area (Å²) in [5.74, 6) is 0. The maximum Gasteiger partial charge on any atom is 0.235 e. The number of carbonyl (C=O) groups excluding carboxylic acids is 2. The minimum absolute atomic E-state index is 0.427. The molecule has 0 unspecified atom stereocenters. The Morgan fingerprint density at radius 3 is 2.20 bits per heavy atom. The van der Waals surface area contributed by atoms with Crippen LogP contribution in [0, 0.1) is 5.41 Å². The van der Waals surface area contributed by atoms with Gasteiger partial charge < -0.3 is 0 Å². The van der Waals surface area contributed by atoms with E-state index in [2.05, 4.69) is 9.98 Å². The van der Waals surface area contributed by atoms with Gasteiger partial charge in [-0.05, 0) is 33.3 Å². The standard InChI is InChI=1S/C16H20N2O2/c1-14(2,17-11-19)13-7-6-9-16(5,10-8-13)15(3,4)18-12-20/h6-10H,1-5H3/t16-/m1/s1. The third-order valence-electron chi connectivity index (χ3n) is 4.00. The van der Waals surface area contributed by atoms with Crippen LogP contribution in [-0.2, 0) is 9.59 Å². The lowest BCUT2D eigenvalue weighted by atomic mass is 9.73. The molecule has 0 aromatic heterocycles. The van der Waals surface area contributed by atoms with E-state index in [9.17, 15) is 9.59 Å². The Hall–Kier alpha value is -2.02. The number of nitrogens with zero attached hydrogens (tertiary/aromatic N) is 2. The molecular formula is C16H20N2O2. The zero-order valence-electron chi connectivity index (χ0n) is 12.6. The van der Waals surface area contributed by atoms with Gasteiger partial charge in [-0.2, -0.15) is 9.98 Å². The van der Waals surface area contributed by atoms with Crippen LogP contribution >= 0.6 is 0 Å². The number of isocyanates is 2. The molecule has 20 heavy (non-hydrogen) atoms. The van der Waals surface area contributed by atoms with Crippen molar-refractivity contribution in [2.24, 2.45) is 15.4 Å². The predicted molar refractivity (Wildman–Crippen MR) is 78.9 cm³/mol. The van der Waals surface area contributed by atoms with Crippen LogP contribution in [0.2, 0.25) is 0 Å². The summed E-state index contributed by atoms with van der Waals surface area (Å²) in [4.78, 5) is 28.8. The van der Waals surface area contributed by atoms with Crippen molar-refractivity contribution in [3.8, 4) is 0 Å². The van der Waals surface area contributed by atoms with Crippen molar-refractivity contribution in [1.29, 1.82) is 0 Å². The van der Waals surface area contributed by atoms with Gasteiger partial charge in [0.15, 0.2) is 0 Å². The fraction of sp³-hybridized carbons (Fsp3) is 0.500. The third-order valence-corrected chi connectivity index (χ3v) is 4.00. The minimum atomic E-state index is -0.633. The highest BCUT2D eigenvalue weighted by atomic mass is 16.1. The van der Waals surface area contributed by atoms with E-state index in [-0.39, 0.29) is 0 Å². The molecule has 0 saturated carbocycles. The summed E-state index contributed by atoms with van der Waals surface area (Å²) in [5.41, 5.74) is -0.773. The second-order valence-electron chi connectivity index (χ2n) is 6.12. The first-order valence-electron chi connectivity index (χ1n) is 6.46. The fourth-order valence-corrected chi connectivity index (χ4v) is 1.95. The molecule has 1 aliphatic rings. The molecule has 4 nitrogen and oxygen atoms in total. The van der Waals surface area contributed by atoms with Crippen LogP contribution in [0.15, 0.2) is 45.9 Å². The van der Waals surface area contributed by atoms with E-state index in [0.717, 1.165) is 5.57 Å². The summed E-state index contributed by atoms with van der Waals surface area (Å²) in [7, 11) is 0. The normalized spacial score (nSPS) is 22.4. The van der Waals surface area contributed by atoms with Gasteiger partial charge in [0.05, 0.1) is 11.1 Å². The Bertz CT molecular complexity index is 569. The summed E-state index contributed by atoms with van der Waals surface area (Å²) < 4.78 is 0. The first-order valence-corrected chi connectivity index (χ1v) is 6.46. The summed E-state index contributed by atoms with van der Waals surface area (Å²) in [5, 5.41) is 0. The van der Waals surface area contributed by atoms with E-state index >= 15 is 0 Å². The van der Waals surface area contributed by atoms with Crippen molar-refractivity contribution >= 4 is 12.2 Å². The van der Waals surface area contributed by atoms with E-state index in [4.69, 9.17) is 0 Å². The van der Waals surface area contributed by atoms with Gasteiger partial charge in [0.1, 0.15) is 0 Å². The van der Waals surface area contributed by atoms with Gasteiger partial charge in [0.25, 0.3) is 0 Å². The van der Waals surface area contributed by atoms with Gasteiger partial charge in [0.2, 0.25) is 12.2 Å². The molecule has 0 radical (unpaired) electrons. The average molecular weight is 272 g/mol. The number of hydrogen-bond donors (Lipinski definition) is 0. The summed E-state index contributed by atoms with van der Waals surface area (Å²) in [6.45, 7) is 9.45. The highest BCUT2D eigenvalue weighted by molar-refractivity contribution is 5.44. The number of rotatable bonds is 4. The van der Waals surface area contributed by atoms with E-state index in [1.807, 2.05) is 65.0 Å². The predicted octanol–water partition coefficient (Wildman–Crippen LogP) is 3.27. The Labute approximate surface area is 119 Å². The average Bonchev–Trinajstić information content (AvgIpc) is 2.53. The van der Waals surface area contributed by atoms with E-state index in [0.29, 0.717) is 0 Å². The SMILES string of the molecule is CC(C)(N=C=O)C1=CC=C[C@@](C)(C(C)(C)N=C=O)C=C1. The van der Waals surface area contributed by atoms with Crippen molar-refractivity contribution in [3.63, 3.8) is 0 Å². The van der Waals surface area contributed by atoms with Gasteiger partial charge in [-0.15, -0.1) is 0 Å². The molecule has 0 aromatic rings. The van der Waals surface area contributed by atoms with Crippen LogP contribution in [0.1, 0.15) is 34.6 Å². The van der Waals surface area contributed by atoms with Crippen LogP contribution in [0.3, 0.4) is 0 Å². The molecule has 0 spiro atoms. The minimum Gasteiger partial charge on any atom is -0.211 e. The molecule has 4 heteroatoms. The lowest BCUT2D eigenvalue weighted by Crippen LogP contribution is -2.36. The molecule has 0 saturated heterocycles. The van der Waals surface area contributed by atoms with Gasteiger partial charge in [-0.25, -0.2) is 9.59 Å². The fourth-order valence-electron chi connectivity index (χ4n) is 1.95. The molecule has 0 amide bonds. The summed E-state index contributed by atoms with van der Waals surface area (Å²) >= 11 is 0. The van der Waals surface area contributed by atoms with Crippen molar-refractivity contribution in [3.05, 3.63) is 36.0 Å². The number of aliphatic imine (C=N–C) groups is 2.